The predicted octanol–water partition coefficient (Wildman–Crippen LogP) is 2.73. The number of carbonyl (C=O) groups is 1. The van der Waals surface area contributed by atoms with Gasteiger partial charge in [-0.25, -0.2) is 4.98 Å². The van der Waals surface area contributed by atoms with Gasteiger partial charge in [0.25, 0.3) is 5.91 Å². The summed E-state index contributed by atoms with van der Waals surface area (Å²) in [6, 6.07) is -0.0290. The zero-order valence-electron chi connectivity index (χ0n) is 13.5. The Balaban J connectivity index is 2.03. The normalized spacial score (nSPS) is 18.4. The molecule has 0 fully saturated rings. The van der Waals surface area contributed by atoms with Crippen molar-refractivity contribution >= 4 is 5.91 Å². The number of carbonyl (C=O) groups excluding carboxylic acids is 1. The predicted molar refractivity (Wildman–Crippen MR) is 81.4 cm³/mol. The third kappa shape index (κ3) is 2.32. The average Bonchev–Trinajstić information content (AvgIpc) is 2.99. The Bertz CT molecular complexity index is 667. The van der Waals surface area contributed by atoms with Crippen LogP contribution in [0.1, 0.15) is 53.9 Å². The Kier molecular flexibility index (Phi) is 3.76. The van der Waals surface area contributed by atoms with Gasteiger partial charge in [0.05, 0.1) is 11.7 Å². The van der Waals surface area contributed by atoms with Crippen LogP contribution in [0.2, 0.25) is 0 Å². The van der Waals surface area contributed by atoms with E-state index in [1.54, 1.807) is 6.92 Å². The second kappa shape index (κ2) is 5.59. The molecule has 2 aromatic rings. The highest BCUT2D eigenvalue weighted by molar-refractivity contribution is 5.96. The highest BCUT2D eigenvalue weighted by atomic mass is 16.5. The molecule has 0 aromatic carbocycles. The number of rotatable bonds is 2. The lowest BCUT2D eigenvalue weighted by atomic mass is 10.00. The first-order valence-corrected chi connectivity index (χ1v) is 7.75. The largest absolute Gasteiger partial charge is 0.361 e. The molecule has 22 heavy (non-hydrogen) atoms. The lowest BCUT2D eigenvalue weighted by molar-refractivity contribution is 0.0619. The van der Waals surface area contributed by atoms with Crippen molar-refractivity contribution in [1.29, 1.82) is 0 Å². The van der Waals surface area contributed by atoms with E-state index in [0.29, 0.717) is 17.0 Å². The van der Waals surface area contributed by atoms with Crippen molar-refractivity contribution in [2.75, 3.05) is 6.54 Å². The van der Waals surface area contributed by atoms with Gasteiger partial charge >= 0.3 is 0 Å². The van der Waals surface area contributed by atoms with Gasteiger partial charge in [0.1, 0.15) is 17.1 Å². The SMILES string of the molecule is Cc1noc(C)c1C(=O)N1CCCn2ccnc2C1C(C)C. The Morgan fingerprint density at radius 2 is 2.14 bits per heavy atom. The van der Waals surface area contributed by atoms with Gasteiger partial charge in [0, 0.05) is 25.5 Å². The first-order valence-electron chi connectivity index (χ1n) is 7.75. The fourth-order valence-electron chi connectivity index (χ4n) is 3.28. The summed E-state index contributed by atoms with van der Waals surface area (Å²) < 4.78 is 7.33. The molecule has 0 N–H and O–H groups in total. The van der Waals surface area contributed by atoms with E-state index in [1.165, 1.54) is 0 Å². The van der Waals surface area contributed by atoms with Gasteiger partial charge in [-0.05, 0) is 26.2 Å². The molecule has 3 rings (SSSR count). The molecular formula is C16H22N4O2. The summed E-state index contributed by atoms with van der Waals surface area (Å²) in [5.41, 5.74) is 1.24. The van der Waals surface area contributed by atoms with Crippen molar-refractivity contribution < 1.29 is 9.32 Å². The maximum Gasteiger partial charge on any atom is 0.259 e. The number of hydrogen-bond donors (Lipinski definition) is 0. The molecule has 0 aliphatic carbocycles. The molecule has 1 atom stereocenters. The number of nitrogens with zero attached hydrogens (tertiary/aromatic N) is 4. The quantitative estimate of drug-likeness (QED) is 0.855. The lowest BCUT2D eigenvalue weighted by Gasteiger charge is -2.32. The summed E-state index contributed by atoms with van der Waals surface area (Å²) >= 11 is 0. The number of amides is 1. The standard InChI is InChI=1S/C16H22N4O2/c1-10(2)14-15-17-6-9-19(15)7-5-8-20(14)16(21)13-11(3)18-22-12(13)4/h6,9-10,14H,5,7-8H2,1-4H3. The van der Waals surface area contributed by atoms with Crippen LogP contribution in [0.3, 0.4) is 0 Å². The Morgan fingerprint density at radius 3 is 2.77 bits per heavy atom. The summed E-state index contributed by atoms with van der Waals surface area (Å²) in [6.45, 7) is 9.47. The molecule has 3 heterocycles. The van der Waals surface area contributed by atoms with Gasteiger partial charge in [0.15, 0.2) is 0 Å². The van der Waals surface area contributed by atoms with Crippen LogP contribution in [0.5, 0.6) is 0 Å². The molecule has 0 saturated heterocycles. The van der Waals surface area contributed by atoms with Gasteiger partial charge in [-0.2, -0.15) is 0 Å². The molecular weight excluding hydrogens is 280 g/mol. The van der Waals surface area contributed by atoms with Gasteiger partial charge in [-0.15, -0.1) is 0 Å². The van der Waals surface area contributed by atoms with E-state index >= 15 is 0 Å². The zero-order valence-corrected chi connectivity index (χ0v) is 13.5. The van der Waals surface area contributed by atoms with Crippen LogP contribution in [0.25, 0.3) is 0 Å². The number of aryl methyl sites for hydroxylation is 3. The Labute approximate surface area is 130 Å². The molecule has 1 aliphatic rings. The molecule has 6 heteroatoms. The molecule has 1 amide bonds. The van der Waals surface area contributed by atoms with Crippen LogP contribution in [0.4, 0.5) is 0 Å². The van der Waals surface area contributed by atoms with E-state index in [4.69, 9.17) is 4.52 Å². The van der Waals surface area contributed by atoms with Gasteiger partial charge in [-0.1, -0.05) is 19.0 Å². The minimum absolute atomic E-state index is 0.00796. The van der Waals surface area contributed by atoms with Gasteiger partial charge in [0.2, 0.25) is 0 Å². The van der Waals surface area contributed by atoms with Crippen molar-refractivity contribution in [2.45, 2.75) is 46.7 Å². The number of imidazole rings is 1. The van der Waals surface area contributed by atoms with Gasteiger partial charge in [-0.3, -0.25) is 4.79 Å². The summed E-state index contributed by atoms with van der Waals surface area (Å²) in [5.74, 6) is 1.82. The second-order valence-corrected chi connectivity index (χ2v) is 6.22. The van der Waals surface area contributed by atoms with Crippen molar-refractivity contribution in [3.63, 3.8) is 0 Å². The Hall–Kier alpha value is -2.11. The van der Waals surface area contributed by atoms with Crippen LogP contribution < -0.4 is 0 Å². The minimum Gasteiger partial charge on any atom is -0.361 e. The highest BCUT2D eigenvalue weighted by Gasteiger charge is 2.35. The highest BCUT2D eigenvalue weighted by Crippen LogP contribution is 2.32. The molecule has 1 aliphatic heterocycles. The van der Waals surface area contributed by atoms with E-state index in [1.807, 2.05) is 24.2 Å². The van der Waals surface area contributed by atoms with Crippen LogP contribution in [-0.2, 0) is 6.54 Å². The summed E-state index contributed by atoms with van der Waals surface area (Å²) in [6.07, 6.45) is 4.73. The summed E-state index contributed by atoms with van der Waals surface area (Å²) in [5, 5.41) is 3.92. The smallest absolute Gasteiger partial charge is 0.259 e. The van der Waals surface area contributed by atoms with Crippen molar-refractivity contribution in [3.05, 3.63) is 35.2 Å². The molecule has 0 bridgehead atoms. The minimum atomic E-state index is -0.0290. The lowest BCUT2D eigenvalue weighted by Crippen LogP contribution is -2.38. The van der Waals surface area contributed by atoms with E-state index in [2.05, 4.69) is 28.6 Å². The van der Waals surface area contributed by atoms with E-state index in [9.17, 15) is 4.79 Å². The van der Waals surface area contributed by atoms with Crippen LogP contribution in [0, 0.1) is 19.8 Å². The number of hydrogen-bond acceptors (Lipinski definition) is 4. The first kappa shape index (κ1) is 14.8. The first-order chi connectivity index (χ1) is 10.5. The van der Waals surface area contributed by atoms with Crippen molar-refractivity contribution in [2.24, 2.45) is 5.92 Å². The van der Waals surface area contributed by atoms with Crippen LogP contribution >= 0.6 is 0 Å². The molecule has 6 nitrogen and oxygen atoms in total. The fourth-order valence-corrected chi connectivity index (χ4v) is 3.28. The monoisotopic (exact) mass is 302 g/mol. The molecule has 118 valence electrons. The Morgan fingerprint density at radius 1 is 1.36 bits per heavy atom. The van der Waals surface area contributed by atoms with Crippen molar-refractivity contribution in [1.82, 2.24) is 19.6 Å². The van der Waals surface area contributed by atoms with Gasteiger partial charge < -0.3 is 14.0 Å². The molecule has 0 saturated carbocycles. The summed E-state index contributed by atoms with van der Waals surface area (Å²) in [4.78, 5) is 19.5. The zero-order chi connectivity index (χ0) is 15.9. The number of aromatic nitrogens is 3. The molecule has 2 aromatic heterocycles. The molecule has 0 radical (unpaired) electrons. The topological polar surface area (TPSA) is 64.2 Å². The molecule has 0 spiro atoms. The van der Waals surface area contributed by atoms with Crippen molar-refractivity contribution in [3.8, 4) is 0 Å². The third-order valence-electron chi connectivity index (χ3n) is 4.29. The van der Waals surface area contributed by atoms with E-state index in [-0.39, 0.29) is 17.9 Å². The maximum atomic E-state index is 13.1. The average molecular weight is 302 g/mol. The molecule has 1 unspecified atom stereocenters. The maximum absolute atomic E-state index is 13.1. The number of fused-ring (bicyclic) bond motifs is 1. The summed E-state index contributed by atoms with van der Waals surface area (Å²) in [7, 11) is 0. The van der Waals surface area contributed by atoms with Crippen LogP contribution in [0.15, 0.2) is 16.9 Å². The second-order valence-electron chi connectivity index (χ2n) is 6.22. The van der Waals surface area contributed by atoms with Crippen LogP contribution in [-0.4, -0.2) is 32.1 Å². The van der Waals surface area contributed by atoms with E-state index < -0.39 is 0 Å². The fraction of sp³-hybridized carbons (Fsp3) is 0.562. The van der Waals surface area contributed by atoms with E-state index in [0.717, 1.165) is 25.3 Å². The third-order valence-corrected chi connectivity index (χ3v) is 4.29.